The van der Waals surface area contributed by atoms with Gasteiger partial charge in [-0.1, -0.05) is 12.1 Å². The normalized spacial score (nSPS) is 19.1. The van der Waals surface area contributed by atoms with Gasteiger partial charge in [0.1, 0.15) is 12.3 Å². The van der Waals surface area contributed by atoms with Gasteiger partial charge in [0.25, 0.3) is 0 Å². The van der Waals surface area contributed by atoms with Crippen molar-refractivity contribution in [2.24, 2.45) is 4.99 Å². The molecule has 152 valence electrons. The van der Waals surface area contributed by atoms with E-state index in [1.165, 1.54) is 18.6 Å². The minimum atomic E-state index is -0.0977. The summed E-state index contributed by atoms with van der Waals surface area (Å²) in [5, 5.41) is 9.46. The number of aliphatic imine (C=N–C) groups is 1. The van der Waals surface area contributed by atoms with Crippen molar-refractivity contribution in [3.8, 4) is 5.75 Å². The lowest BCUT2D eigenvalue weighted by Gasteiger charge is -2.24. The standard InChI is InChI=1S/C19H30N4O2S.HI/c1-4-20-18(23-14-19(2)10-5-11-26-19)22-13-17(24)21-12-15-6-8-16(25-3)9-7-15;/h6-9H,4-5,10-14H2,1-3H3,(H,21,24)(H2,20,22,23);1H. The van der Waals surface area contributed by atoms with E-state index < -0.39 is 0 Å². The number of nitrogens with one attached hydrogen (secondary N) is 3. The molecule has 0 aromatic heterocycles. The highest BCUT2D eigenvalue weighted by molar-refractivity contribution is 14.0. The van der Waals surface area contributed by atoms with Crippen molar-refractivity contribution in [2.45, 2.75) is 38.0 Å². The van der Waals surface area contributed by atoms with Crippen LogP contribution in [0.4, 0.5) is 0 Å². The minimum Gasteiger partial charge on any atom is -0.497 e. The molecule has 1 fully saturated rings. The molecule has 2 rings (SSSR count). The van der Waals surface area contributed by atoms with E-state index in [0.29, 0.717) is 12.5 Å². The van der Waals surface area contributed by atoms with E-state index in [2.05, 4.69) is 27.9 Å². The van der Waals surface area contributed by atoms with Gasteiger partial charge in [-0.3, -0.25) is 4.79 Å². The molecular formula is C19H31IN4O2S. The maximum atomic E-state index is 12.1. The zero-order valence-electron chi connectivity index (χ0n) is 16.3. The second-order valence-electron chi connectivity index (χ2n) is 6.58. The van der Waals surface area contributed by atoms with Crippen molar-refractivity contribution in [1.29, 1.82) is 0 Å². The molecule has 0 radical (unpaired) electrons. The summed E-state index contributed by atoms with van der Waals surface area (Å²) in [6.45, 7) is 6.52. The number of thioether (sulfide) groups is 1. The zero-order valence-corrected chi connectivity index (χ0v) is 19.5. The highest BCUT2D eigenvalue weighted by atomic mass is 127. The van der Waals surface area contributed by atoms with E-state index in [1.54, 1.807) is 7.11 Å². The number of halogens is 1. The Hall–Kier alpha value is -1.16. The molecule has 0 saturated carbocycles. The van der Waals surface area contributed by atoms with Crippen LogP contribution in [0.5, 0.6) is 5.75 Å². The van der Waals surface area contributed by atoms with Crippen LogP contribution in [0.25, 0.3) is 0 Å². The van der Waals surface area contributed by atoms with Crippen molar-refractivity contribution in [1.82, 2.24) is 16.0 Å². The molecule has 1 amide bonds. The number of nitrogens with zero attached hydrogens (tertiary/aromatic N) is 1. The lowest BCUT2D eigenvalue weighted by atomic mass is 10.1. The Balaban J connectivity index is 0.00000364. The third-order valence-electron chi connectivity index (χ3n) is 4.30. The monoisotopic (exact) mass is 506 g/mol. The van der Waals surface area contributed by atoms with Gasteiger partial charge in [0.05, 0.1) is 7.11 Å². The van der Waals surface area contributed by atoms with Crippen LogP contribution < -0.4 is 20.7 Å². The number of methoxy groups -OCH3 is 1. The highest BCUT2D eigenvalue weighted by Crippen LogP contribution is 2.36. The van der Waals surface area contributed by atoms with Crippen LogP contribution in [-0.4, -0.2) is 49.1 Å². The van der Waals surface area contributed by atoms with Crippen molar-refractivity contribution in [2.75, 3.05) is 32.5 Å². The molecule has 6 nitrogen and oxygen atoms in total. The summed E-state index contributed by atoms with van der Waals surface area (Å²) in [5.74, 6) is 2.63. The molecule has 1 aromatic rings. The molecule has 1 aliphatic rings. The Morgan fingerprint density at radius 1 is 1.26 bits per heavy atom. The second-order valence-corrected chi connectivity index (χ2v) is 8.26. The smallest absolute Gasteiger partial charge is 0.242 e. The zero-order chi connectivity index (χ0) is 18.8. The molecule has 1 unspecified atom stereocenters. The third kappa shape index (κ3) is 8.59. The first-order chi connectivity index (χ1) is 12.5. The first kappa shape index (κ1) is 23.9. The van der Waals surface area contributed by atoms with E-state index in [4.69, 9.17) is 4.74 Å². The summed E-state index contributed by atoms with van der Waals surface area (Å²) in [5.41, 5.74) is 1.03. The van der Waals surface area contributed by atoms with Crippen LogP contribution in [0, 0.1) is 0 Å². The molecule has 1 atom stereocenters. The van der Waals surface area contributed by atoms with Gasteiger partial charge >= 0.3 is 0 Å². The van der Waals surface area contributed by atoms with Crippen LogP contribution in [-0.2, 0) is 11.3 Å². The number of hydrogen-bond donors (Lipinski definition) is 3. The predicted octanol–water partition coefficient (Wildman–Crippen LogP) is 2.77. The topological polar surface area (TPSA) is 74.8 Å². The number of benzene rings is 1. The average Bonchev–Trinajstić information content (AvgIpc) is 3.09. The van der Waals surface area contributed by atoms with Crippen molar-refractivity contribution in [3.63, 3.8) is 0 Å². The number of ether oxygens (including phenoxy) is 1. The van der Waals surface area contributed by atoms with Gasteiger partial charge < -0.3 is 20.7 Å². The lowest BCUT2D eigenvalue weighted by molar-refractivity contribution is -0.119. The Morgan fingerprint density at radius 3 is 2.59 bits per heavy atom. The first-order valence-corrected chi connectivity index (χ1v) is 10.1. The largest absolute Gasteiger partial charge is 0.497 e. The molecule has 0 spiro atoms. The van der Waals surface area contributed by atoms with Crippen molar-refractivity contribution >= 4 is 47.6 Å². The summed E-state index contributed by atoms with van der Waals surface area (Å²) >= 11 is 2.00. The molecule has 1 saturated heterocycles. The SMILES string of the molecule is CCNC(=NCC(=O)NCc1ccc(OC)cc1)NCC1(C)CCCS1.I. The minimum absolute atomic E-state index is 0. The van der Waals surface area contributed by atoms with Crippen LogP contribution in [0.3, 0.4) is 0 Å². The Labute approximate surface area is 183 Å². The number of carbonyl (C=O) groups is 1. The molecule has 0 aliphatic carbocycles. The van der Waals surface area contributed by atoms with Crippen LogP contribution >= 0.6 is 35.7 Å². The Morgan fingerprint density at radius 2 is 2.00 bits per heavy atom. The number of rotatable bonds is 8. The number of carbonyl (C=O) groups excluding carboxylic acids is 1. The van der Waals surface area contributed by atoms with Crippen molar-refractivity contribution < 1.29 is 9.53 Å². The van der Waals surface area contributed by atoms with Gasteiger partial charge in [-0.2, -0.15) is 11.8 Å². The van der Waals surface area contributed by atoms with Crippen LogP contribution in [0.2, 0.25) is 0 Å². The summed E-state index contributed by atoms with van der Waals surface area (Å²) in [6, 6.07) is 7.64. The van der Waals surface area contributed by atoms with Gasteiger partial charge in [0, 0.05) is 24.4 Å². The number of hydrogen-bond acceptors (Lipinski definition) is 4. The lowest BCUT2D eigenvalue weighted by Crippen LogP contribution is -2.44. The molecule has 0 bridgehead atoms. The molecule has 8 heteroatoms. The maximum Gasteiger partial charge on any atom is 0.242 e. The van der Waals surface area contributed by atoms with E-state index in [-0.39, 0.29) is 41.2 Å². The second kappa shape index (κ2) is 12.3. The third-order valence-corrected chi connectivity index (χ3v) is 5.84. The average molecular weight is 506 g/mol. The van der Waals surface area contributed by atoms with Crippen LogP contribution in [0.1, 0.15) is 32.3 Å². The van der Waals surface area contributed by atoms with E-state index in [0.717, 1.165) is 24.4 Å². The predicted molar refractivity (Wildman–Crippen MR) is 124 cm³/mol. The summed E-state index contributed by atoms with van der Waals surface area (Å²) in [7, 11) is 1.64. The number of amides is 1. The fourth-order valence-electron chi connectivity index (χ4n) is 2.74. The molecule has 1 aliphatic heterocycles. The summed E-state index contributed by atoms with van der Waals surface area (Å²) in [4.78, 5) is 16.5. The molecule has 3 N–H and O–H groups in total. The van der Waals surface area contributed by atoms with Gasteiger partial charge in [-0.15, -0.1) is 24.0 Å². The molecular weight excluding hydrogens is 475 g/mol. The van der Waals surface area contributed by atoms with Gasteiger partial charge in [0.15, 0.2) is 5.96 Å². The molecule has 27 heavy (non-hydrogen) atoms. The van der Waals surface area contributed by atoms with E-state index >= 15 is 0 Å². The first-order valence-electron chi connectivity index (χ1n) is 9.10. The highest BCUT2D eigenvalue weighted by Gasteiger charge is 2.29. The van der Waals surface area contributed by atoms with Gasteiger partial charge in [-0.25, -0.2) is 4.99 Å². The van der Waals surface area contributed by atoms with E-state index in [9.17, 15) is 4.79 Å². The quantitative estimate of drug-likeness (QED) is 0.287. The van der Waals surface area contributed by atoms with Crippen LogP contribution in [0.15, 0.2) is 29.3 Å². The Kier molecular flexibility index (Phi) is 10.9. The van der Waals surface area contributed by atoms with Crippen molar-refractivity contribution in [3.05, 3.63) is 29.8 Å². The molecule has 1 heterocycles. The van der Waals surface area contributed by atoms with E-state index in [1.807, 2.05) is 43.0 Å². The maximum absolute atomic E-state index is 12.1. The fraction of sp³-hybridized carbons (Fsp3) is 0.579. The Bertz CT molecular complexity index is 604. The summed E-state index contributed by atoms with van der Waals surface area (Å²) < 4.78 is 5.39. The fourth-order valence-corrected chi connectivity index (χ4v) is 3.98. The van der Waals surface area contributed by atoms with Gasteiger partial charge in [-0.05, 0) is 50.1 Å². The molecule has 1 aromatic carbocycles. The summed E-state index contributed by atoms with van der Waals surface area (Å²) in [6.07, 6.45) is 2.48. The van der Waals surface area contributed by atoms with Gasteiger partial charge in [0.2, 0.25) is 5.91 Å². The number of guanidine groups is 1.